The topological polar surface area (TPSA) is 12.0 Å². The van der Waals surface area contributed by atoms with Gasteiger partial charge in [-0.15, -0.1) is 0 Å². The maximum atomic E-state index is 13.0. The minimum absolute atomic E-state index is 0.189. The van der Waals surface area contributed by atoms with E-state index < -0.39 is 0 Å². The second-order valence-electron chi connectivity index (χ2n) is 5.91. The van der Waals surface area contributed by atoms with Crippen molar-refractivity contribution in [2.45, 2.75) is 38.6 Å². The highest BCUT2D eigenvalue weighted by molar-refractivity contribution is 6.31. The third-order valence-electron chi connectivity index (χ3n) is 4.52. The molecule has 0 radical (unpaired) electrons. The van der Waals surface area contributed by atoms with Gasteiger partial charge in [0.15, 0.2) is 0 Å². The summed E-state index contributed by atoms with van der Waals surface area (Å²) < 4.78 is 13.0. The molecule has 1 unspecified atom stereocenters. The zero-order chi connectivity index (χ0) is 12.8. The Balaban J connectivity index is 1.62. The van der Waals surface area contributed by atoms with Crippen LogP contribution in [0.5, 0.6) is 0 Å². The van der Waals surface area contributed by atoms with Crippen molar-refractivity contribution in [3.05, 3.63) is 34.6 Å². The Morgan fingerprint density at radius 2 is 2.17 bits per heavy atom. The van der Waals surface area contributed by atoms with Gasteiger partial charge in [-0.25, -0.2) is 4.39 Å². The van der Waals surface area contributed by atoms with Crippen molar-refractivity contribution in [3.63, 3.8) is 0 Å². The first-order chi connectivity index (χ1) is 8.61. The molecule has 2 aliphatic rings. The molecule has 2 fully saturated rings. The van der Waals surface area contributed by atoms with Crippen molar-refractivity contribution in [2.24, 2.45) is 11.3 Å². The van der Waals surface area contributed by atoms with E-state index in [0.29, 0.717) is 10.4 Å². The van der Waals surface area contributed by atoms with Crippen LogP contribution < -0.4 is 5.32 Å². The van der Waals surface area contributed by atoms with Crippen LogP contribution in [-0.4, -0.2) is 6.54 Å². The first-order valence-electron chi connectivity index (χ1n) is 6.79. The molecule has 0 spiro atoms. The van der Waals surface area contributed by atoms with Crippen LogP contribution in [0, 0.1) is 17.2 Å². The fourth-order valence-electron chi connectivity index (χ4n) is 2.90. The minimum atomic E-state index is -0.271. The minimum Gasteiger partial charge on any atom is -0.310 e. The Labute approximate surface area is 113 Å². The molecule has 0 saturated heterocycles. The highest BCUT2D eigenvalue weighted by atomic mass is 35.5. The van der Waals surface area contributed by atoms with Crippen molar-refractivity contribution in [2.75, 3.05) is 6.54 Å². The standard InChI is InChI=1S/C15H19ClFN/c1-10(13-5-4-12(17)8-14(13)16)18-9-15(6-7-15)11-2-3-11/h4-5,8,10-11,18H,2-3,6-7,9H2,1H3. The van der Waals surface area contributed by atoms with Crippen LogP contribution in [0.4, 0.5) is 4.39 Å². The molecular weight excluding hydrogens is 249 g/mol. The summed E-state index contributed by atoms with van der Waals surface area (Å²) >= 11 is 6.08. The van der Waals surface area contributed by atoms with Gasteiger partial charge in [0.2, 0.25) is 0 Å². The number of hydrogen-bond acceptors (Lipinski definition) is 1. The monoisotopic (exact) mass is 267 g/mol. The molecule has 0 aliphatic heterocycles. The van der Waals surface area contributed by atoms with Crippen molar-refractivity contribution in [3.8, 4) is 0 Å². The van der Waals surface area contributed by atoms with Gasteiger partial charge in [-0.3, -0.25) is 0 Å². The maximum Gasteiger partial charge on any atom is 0.124 e. The fourth-order valence-corrected chi connectivity index (χ4v) is 3.24. The van der Waals surface area contributed by atoms with Gasteiger partial charge in [0, 0.05) is 17.6 Å². The highest BCUT2D eigenvalue weighted by Crippen LogP contribution is 2.60. The molecule has 18 heavy (non-hydrogen) atoms. The molecule has 98 valence electrons. The summed E-state index contributed by atoms with van der Waals surface area (Å²) in [6, 6.07) is 4.84. The predicted molar refractivity (Wildman–Crippen MR) is 72.2 cm³/mol. The maximum absolute atomic E-state index is 13.0. The average Bonchev–Trinajstić information content (AvgIpc) is 3.17. The third kappa shape index (κ3) is 2.41. The molecule has 3 rings (SSSR count). The molecule has 2 aliphatic carbocycles. The summed E-state index contributed by atoms with van der Waals surface area (Å²) in [4.78, 5) is 0. The van der Waals surface area contributed by atoms with Crippen LogP contribution >= 0.6 is 11.6 Å². The van der Waals surface area contributed by atoms with Crippen molar-refractivity contribution >= 4 is 11.6 Å². The first-order valence-corrected chi connectivity index (χ1v) is 7.17. The molecule has 1 aromatic rings. The van der Waals surface area contributed by atoms with Gasteiger partial charge in [0.25, 0.3) is 0 Å². The largest absolute Gasteiger partial charge is 0.310 e. The Bertz CT molecular complexity index is 452. The van der Waals surface area contributed by atoms with E-state index in [9.17, 15) is 4.39 Å². The third-order valence-corrected chi connectivity index (χ3v) is 4.85. The number of halogens is 2. The lowest BCUT2D eigenvalue weighted by molar-refractivity contribution is 0.382. The summed E-state index contributed by atoms with van der Waals surface area (Å²) in [7, 11) is 0. The molecule has 1 aromatic carbocycles. The first kappa shape index (κ1) is 12.4. The second kappa shape index (κ2) is 4.50. The molecule has 0 amide bonds. The number of nitrogens with one attached hydrogen (secondary N) is 1. The summed E-state index contributed by atoms with van der Waals surface area (Å²) in [6.07, 6.45) is 5.56. The lowest BCUT2D eigenvalue weighted by atomic mass is 9.99. The molecule has 3 heteroatoms. The van der Waals surface area contributed by atoms with Gasteiger partial charge in [-0.05, 0) is 61.6 Å². The quantitative estimate of drug-likeness (QED) is 0.838. The van der Waals surface area contributed by atoms with Crippen molar-refractivity contribution < 1.29 is 4.39 Å². The predicted octanol–water partition coefficient (Wildman–Crippen LogP) is 4.32. The second-order valence-corrected chi connectivity index (χ2v) is 6.31. The van der Waals surface area contributed by atoms with Gasteiger partial charge >= 0.3 is 0 Å². The van der Waals surface area contributed by atoms with Gasteiger partial charge in [0.05, 0.1) is 0 Å². The molecule has 1 nitrogen and oxygen atoms in total. The smallest absolute Gasteiger partial charge is 0.124 e. The van der Waals surface area contributed by atoms with E-state index in [-0.39, 0.29) is 11.9 Å². The van der Waals surface area contributed by atoms with Crippen LogP contribution in [0.1, 0.15) is 44.2 Å². The number of rotatable bonds is 5. The molecule has 0 bridgehead atoms. The van der Waals surface area contributed by atoms with E-state index in [1.807, 2.05) is 0 Å². The van der Waals surface area contributed by atoms with E-state index in [2.05, 4.69) is 12.2 Å². The van der Waals surface area contributed by atoms with E-state index in [1.54, 1.807) is 6.07 Å². The highest BCUT2D eigenvalue weighted by Gasteiger charge is 2.53. The van der Waals surface area contributed by atoms with E-state index >= 15 is 0 Å². The molecule has 1 atom stereocenters. The Morgan fingerprint density at radius 1 is 1.44 bits per heavy atom. The molecule has 1 N–H and O–H groups in total. The van der Waals surface area contributed by atoms with Crippen LogP contribution in [-0.2, 0) is 0 Å². The Morgan fingerprint density at radius 3 is 2.72 bits per heavy atom. The van der Waals surface area contributed by atoms with Gasteiger partial charge < -0.3 is 5.32 Å². The fraction of sp³-hybridized carbons (Fsp3) is 0.600. The SMILES string of the molecule is CC(NCC1(C2CC2)CC1)c1ccc(F)cc1Cl. The zero-order valence-electron chi connectivity index (χ0n) is 10.7. The van der Waals surface area contributed by atoms with Gasteiger partial charge in [-0.1, -0.05) is 17.7 Å². The molecular formula is C15H19ClFN. The van der Waals surface area contributed by atoms with Crippen LogP contribution in [0.25, 0.3) is 0 Å². The van der Waals surface area contributed by atoms with E-state index in [4.69, 9.17) is 11.6 Å². The van der Waals surface area contributed by atoms with Gasteiger partial charge in [0.1, 0.15) is 5.82 Å². The van der Waals surface area contributed by atoms with Crippen LogP contribution in [0.3, 0.4) is 0 Å². The lowest BCUT2D eigenvalue weighted by Crippen LogP contribution is -2.28. The number of hydrogen-bond donors (Lipinski definition) is 1. The van der Waals surface area contributed by atoms with Crippen LogP contribution in [0.2, 0.25) is 5.02 Å². The van der Waals surface area contributed by atoms with Crippen molar-refractivity contribution in [1.29, 1.82) is 0 Å². The lowest BCUT2D eigenvalue weighted by Gasteiger charge is -2.21. The normalized spacial score (nSPS) is 22.8. The number of benzene rings is 1. The summed E-state index contributed by atoms with van der Waals surface area (Å²) in [6.45, 7) is 3.18. The summed E-state index contributed by atoms with van der Waals surface area (Å²) in [5.41, 5.74) is 1.57. The summed E-state index contributed by atoms with van der Waals surface area (Å²) in [5.74, 6) is 0.688. The van der Waals surface area contributed by atoms with Crippen LogP contribution in [0.15, 0.2) is 18.2 Å². The Hall–Kier alpha value is -0.600. The van der Waals surface area contributed by atoms with Crippen molar-refractivity contribution in [1.82, 2.24) is 5.32 Å². The molecule has 2 saturated carbocycles. The molecule has 0 heterocycles. The molecule has 0 aromatic heterocycles. The van der Waals surface area contributed by atoms with Gasteiger partial charge in [-0.2, -0.15) is 0 Å². The zero-order valence-corrected chi connectivity index (χ0v) is 11.4. The average molecular weight is 268 g/mol. The van der Waals surface area contributed by atoms with E-state index in [1.165, 1.54) is 37.8 Å². The summed E-state index contributed by atoms with van der Waals surface area (Å²) in [5, 5.41) is 4.10. The Kier molecular flexibility index (Phi) is 3.11. The van der Waals surface area contributed by atoms with E-state index in [0.717, 1.165) is 18.0 Å².